The standard InChI is InChI=1S/C20H24N6O2/c1-21-20(22-9-6-14-4-5-16-15(13-14)8-12-28-16)23-10-7-18-24-19(26-25-18)17-3-2-11-27-17/h2-5,11,13H,6-10,12H2,1H3,(H2,21,22,23)(H,24,25,26). The molecular formula is C20H24N6O2. The van der Waals surface area contributed by atoms with E-state index in [9.17, 15) is 0 Å². The lowest BCUT2D eigenvalue weighted by Gasteiger charge is -2.11. The number of furan rings is 1. The quantitative estimate of drug-likeness (QED) is 0.428. The second-order valence-electron chi connectivity index (χ2n) is 6.55. The summed E-state index contributed by atoms with van der Waals surface area (Å²) in [7, 11) is 1.77. The van der Waals surface area contributed by atoms with Crippen LogP contribution in [0.4, 0.5) is 0 Å². The summed E-state index contributed by atoms with van der Waals surface area (Å²) in [6.45, 7) is 2.30. The molecule has 0 unspecified atom stereocenters. The summed E-state index contributed by atoms with van der Waals surface area (Å²) >= 11 is 0. The van der Waals surface area contributed by atoms with Crippen molar-refractivity contribution in [2.45, 2.75) is 19.3 Å². The van der Waals surface area contributed by atoms with Gasteiger partial charge in [0.2, 0.25) is 5.82 Å². The van der Waals surface area contributed by atoms with Gasteiger partial charge in [-0.1, -0.05) is 12.1 Å². The highest BCUT2D eigenvalue weighted by atomic mass is 16.5. The van der Waals surface area contributed by atoms with Crippen molar-refractivity contribution < 1.29 is 9.15 Å². The minimum Gasteiger partial charge on any atom is -0.493 e. The van der Waals surface area contributed by atoms with E-state index < -0.39 is 0 Å². The van der Waals surface area contributed by atoms with E-state index in [0.717, 1.165) is 43.5 Å². The zero-order valence-electron chi connectivity index (χ0n) is 15.9. The third-order valence-electron chi connectivity index (χ3n) is 4.61. The first-order chi connectivity index (χ1) is 13.8. The fourth-order valence-corrected chi connectivity index (χ4v) is 3.16. The Morgan fingerprint density at radius 3 is 2.93 bits per heavy atom. The maximum atomic E-state index is 5.55. The van der Waals surface area contributed by atoms with Gasteiger partial charge in [-0.2, -0.15) is 5.10 Å². The van der Waals surface area contributed by atoms with E-state index in [0.29, 0.717) is 24.6 Å². The Morgan fingerprint density at radius 1 is 1.21 bits per heavy atom. The smallest absolute Gasteiger partial charge is 0.216 e. The first-order valence-electron chi connectivity index (χ1n) is 9.46. The summed E-state index contributed by atoms with van der Waals surface area (Å²) in [6, 6.07) is 10.1. The van der Waals surface area contributed by atoms with Crippen molar-refractivity contribution in [1.29, 1.82) is 0 Å². The first-order valence-corrected chi connectivity index (χ1v) is 9.46. The molecule has 0 spiro atoms. The van der Waals surface area contributed by atoms with Crippen molar-refractivity contribution in [3.63, 3.8) is 0 Å². The van der Waals surface area contributed by atoms with E-state index in [2.05, 4.69) is 49.0 Å². The molecule has 1 aliphatic heterocycles. The summed E-state index contributed by atoms with van der Waals surface area (Å²) in [5, 5.41) is 13.8. The molecule has 1 aromatic carbocycles. The largest absolute Gasteiger partial charge is 0.493 e. The minimum absolute atomic E-state index is 0.572. The fourth-order valence-electron chi connectivity index (χ4n) is 3.16. The van der Waals surface area contributed by atoms with E-state index >= 15 is 0 Å². The van der Waals surface area contributed by atoms with Crippen molar-refractivity contribution >= 4 is 5.96 Å². The molecule has 0 atom stereocenters. The van der Waals surface area contributed by atoms with Gasteiger partial charge < -0.3 is 19.8 Å². The zero-order chi connectivity index (χ0) is 19.2. The maximum Gasteiger partial charge on any atom is 0.216 e. The number of hydrogen-bond donors (Lipinski definition) is 3. The van der Waals surface area contributed by atoms with Gasteiger partial charge in [-0.15, -0.1) is 0 Å². The number of aliphatic imine (C=N–C) groups is 1. The molecule has 0 radical (unpaired) electrons. The highest BCUT2D eigenvalue weighted by molar-refractivity contribution is 5.79. The molecular weight excluding hydrogens is 356 g/mol. The average Bonchev–Trinajstić information content (AvgIpc) is 3.47. The molecule has 0 saturated carbocycles. The Bertz CT molecular complexity index is 932. The van der Waals surface area contributed by atoms with Crippen molar-refractivity contribution in [2.75, 3.05) is 26.7 Å². The Balaban J connectivity index is 1.20. The number of hydrogen-bond acceptors (Lipinski definition) is 5. The summed E-state index contributed by atoms with van der Waals surface area (Å²) in [5.41, 5.74) is 2.61. The lowest BCUT2D eigenvalue weighted by molar-refractivity contribution is 0.357. The van der Waals surface area contributed by atoms with Crippen LogP contribution in [-0.4, -0.2) is 47.9 Å². The van der Waals surface area contributed by atoms with Gasteiger partial charge in [-0.25, -0.2) is 4.98 Å². The van der Waals surface area contributed by atoms with Gasteiger partial charge in [-0.3, -0.25) is 10.1 Å². The van der Waals surface area contributed by atoms with E-state index in [1.807, 2.05) is 12.1 Å². The third-order valence-corrected chi connectivity index (χ3v) is 4.61. The molecule has 0 fully saturated rings. The van der Waals surface area contributed by atoms with Gasteiger partial charge in [0.15, 0.2) is 11.7 Å². The van der Waals surface area contributed by atoms with Crippen LogP contribution in [0, 0.1) is 0 Å². The van der Waals surface area contributed by atoms with Crippen LogP contribution in [0.3, 0.4) is 0 Å². The molecule has 8 nitrogen and oxygen atoms in total. The molecule has 146 valence electrons. The molecule has 28 heavy (non-hydrogen) atoms. The number of aromatic nitrogens is 3. The molecule has 4 rings (SSSR count). The van der Waals surface area contributed by atoms with Crippen LogP contribution >= 0.6 is 0 Å². The Kier molecular flexibility index (Phi) is 5.56. The Morgan fingerprint density at radius 2 is 2.11 bits per heavy atom. The molecule has 3 heterocycles. The lowest BCUT2D eigenvalue weighted by Crippen LogP contribution is -2.39. The predicted molar refractivity (Wildman–Crippen MR) is 106 cm³/mol. The highest BCUT2D eigenvalue weighted by Gasteiger charge is 2.12. The van der Waals surface area contributed by atoms with Crippen LogP contribution in [0.25, 0.3) is 11.6 Å². The number of guanidine groups is 1. The first kappa shape index (κ1) is 18.1. The molecule has 1 aliphatic rings. The van der Waals surface area contributed by atoms with Gasteiger partial charge in [0.05, 0.1) is 12.9 Å². The lowest BCUT2D eigenvalue weighted by atomic mass is 10.1. The number of benzene rings is 1. The molecule has 0 amide bonds. The second kappa shape index (κ2) is 8.60. The second-order valence-corrected chi connectivity index (χ2v) is 6.55. The van der Waals surface area contributed by atoms with Gasteiger partial charge in [0, 0.05) is 33.0 Å². The molecule has 3 N–H and O–H groups in total. The molecule has 8 heteroatoms. The Hall–Kier alpha value is -3.29. The monoisotopic (exact) mass is 380 g/mol. The van der Waals surface area contributed by atoms with Crippen molar-refractivity contribution in [2.24, 2.45) is 4.99 Å². The predicted octanol–water partition coefficient (Wildman–Crippen LogP) is 1.95. The summed E-state index contributed by atoms with van der Waals surface area (Å²) in [6.07, 6.45) is 4.25. The number of aromatic amines is 1. The molecule has 0 aliphatic carbocycles. The van der Waals surface area contributed by atoms with E-state index in [-0.39, 0.29) is 0 Å². The topological polar surface area (TPSA) is 100 Å². The van der Waals surface area contributed by atoms with Gasteiger partial charge in [0.1, 0.15) is 11.6 Å². The number of rotatable bonds is 7. The molecule has 0 bridgehead atoms. The van der Waals surface area contributed by atoms with Crippen molar-refractivity contribution in [3.8, 4) is 17.3 Å². The number of nitrogens with one attached hydrogen (secondary N) is 3. The van der Waals surface area contributed by atoms with Crippen LogP contribution in [-0.2, 0) is 19.3 Å². The van der Waals surface area contributed by atoms with Crippen LogP contribution < -0.4 is 15.4 Å². The number of H-pyrrole nitrogens is 1. The van der Waals surface area contributed by atoms with Crippen LogP contribution in [0.2, 0.25) is 0 Å². The zero-order valence-corrected chi connectivity index (χ0v) is 15.9. The fraction of sp³-hybridized carbons (Fsp3) is 0.350. The van der Waals surface area contributed by atoms with Crippen LogP contribution in [0.5, 0.6) is 5.75 Å². The SMILES string of the molecule is CN=C(NCCc1ccc2c(c1)CCO2)NCCc1nc(-c2ccco2)n[nH]1. The third kappa shape index (κ3) is 4.33. The highest BCUT2D eigenvalue weighted by Crippen LogP contribution is 2.25. The van der Waals surface area contributed by atoms with Gasteiger partial charge >= 0.3 is 0 Å². The van der Waals surface area contributed by atoms with E-state index in [1.165, 1.54) is 11.1 Å². The van der Waals surface area contributed by atoms with Crippen LogP contribution in [0.1, 0.15) is 17.0 Å². The van der Waals surface area contributed by atoms with E-state index in [1.54, 1.807) is 13.3 Å². The van der Waals surface area contributed by atoms with Crippen molar-refractivity contribution in [1.82, 2.24) is 25.8 Å². The number of nitrogens with zero attached hydrogens (tertiary/aromatic N) is 3. The average molecular weight is 380 g/mol. The summed E-state index contributed by atoms with van der Waals surface area (Å²) in [5.74, 6) is 3.83. The van der Waals surface area contributed by atoms with E-state index in [4.69, 9.17) is 9.15 Å². The maximum absolute atomic E-state index is 5.55. The summed E-state index contributed by atoms with van der Waals surface area (Å²) in [4.78, 5) is 8.70. The molecule has 0 saturated heterocycles. The van der Waals surface area contributed by atoms with Crippen LogP contribution in [0.15, 0.2) is 46.0 Å². The number of ether oxygens (including phenoxy) is 1. The number of fused-ring (bicyclic) bond motifs is 1. The van der Waals surface area contributed by atoms with Gasteiger partial charge in [-0.05, 0) is 35.7 Å². The Labute approximate surface area is 163 Å². The minimum atomic E-state index is 0.572. The normalized spacial score (nSPS) is 13.2. The summed E-state index contributed by atoms with van der Waals surface area (Å²) < 4.78 is 10.9. The van der Waals surface area contributed by atoms with Crippen molar-refractivity contribution in [3.05, 3.63) is 53.5 Å². The molecule has 2 aromatic heterocycles. The van der Waals surface area contributed by atoms with Gasteiger partial charge in [0.25, 0.3) is 0 Å². The molecule has 3 aromatic rings.